The van der Waals surface area contributed by atoms with Crippen molar-refractivity contribution in [2.45, 2.75) is 0 Å². The van der Waals surface area contributed by atoms with Crippen molar-refractivity contribution in [3.63, 3.8) is 0 Å². The van der Waals surface area contributed by atoms with Crippen LogP contribution < -0.4 is 0 Å². The Morgan fingerprint density at radius 2 is 1.06 bits per heavy atom. The molecule has 0 aliphatic rings. The van der Waals surface area contributed by atoms with E-state index < -0.39 is 0 Å². The molecule has 0 radical (unpaired) electrons. The fourth-order valence-corrected chi connectivity index (χ4v) is 4.61. The zero-order valence-corrected chi connectivity index (χ0v) is 19.6. The van der Waals surface area contributed by atoms with Crippen LogP contribution in [-0.2, 0) is 0 Å². The van der Waals surface area contributed by atoms with Crippen LogP contribution in [0.1, 0.15) is 11.1 Å². The molecule has 0 bridgehead atoms. The van der Waals surface area contributed by atoms with E-state index in [0.717, 1.165) is 20.6 Å². The SMILES string of the molecule is Clc1ccc(/C=C/c2cc(-c3ccccc3)c3cc(Br)cc(-c4ccccc4)c3c2)cc1. The number of rotatable bonds is 4. The first-order valence-corrected chi connectivity index (χ1v) is 11.7. The fraction of sp³-hybridized carbons (Fsp3) is 0. The van der Waals surface area contributed by atoms with Crippen molar-refractivity contribution in [2.24, 2.45) is 0 Å². The van der Waals surface area contributed by atoms with Crippen molar-refractivity contribution in [1.82, 2.24) is 0 Å². The van der Waals surface area contributed by atoms with Gasteiger partial charge in [-0.05, 0) is 80.6 Å². The molecule has 5 aromatic carbocycles. The largest absolute Gasteiger partial charge is 0.0843 e. The third kappa shape index (κ3) is 4.41. The highest BCUT2D eigenvalue weighted by Crippen LogP contribution is 2.38. The monoisotopic (exact) mass is 494 g/mol. The highest BCUT2D eigenvalue weighted by Gasteiger charge is 2.12. The average molecular weight is 496 g/mol. The van der Waals surface area contributed by atoms with E-state index in [4.69, 9.17) is 11.6 Å². The summed E-state index contributed by atoms with van der Waals surface area (Å²) in [5.41, 5.74) is 7.12. The van der Waals surface area contributed by atoms with Gasteiger partial charge in [-0.15, -0.1) is 0 Å². The fourth-order valence-electron chi connectivity index (χ4n) is 4.02. The molecule has 0 aliphatic carbocycles. The predicted molar refractivity (Wildman–Crippen MR) is 143 cm³/mol. The summed E-state index contributed by atoms with van der Waals surface area (Å²) in [6, 6.07) is 38.0. The van der Waals surface area contributed by atoms with Crippen molar-refractivity contribution in [3.05, 3.63) is 130 Å². The van der Waals surface area contributed by atoms with Gasteiger partial charge in [0.25, 0.3) is 0 Å². The molecular weight excluding hydrogens is 476 g/mol. The molecule has 0 saturated carbocycles. The maximum atomic E-state index is 6.04. The van der Waals surface area contributed by atoms with Crippen LogP contribution in [0.5, 0.6) is 0 Å². The standard InChI is InChI=1S/C30H20BrCl/c31-25-19-28(24-9-5-2-6-10-24)29-18-22(12-11-21-13-15-26(32)16-14-21)17-27(30(29)20-25)23-7-3-1-4-8-23/h1-20H/b12-11+. The van der Waals surface area contributed by atoms with Gasteiger partial charge in [-0.1, -0.05) is 112 Å². The van der Waals surface area contributed by atoms with Gasteiger partial charge in [-0.25, -0.2) is 0 Å². The van der Waals surface area contributed by atoms with Crippen LogP contribution in [0.15, 0.2) is 114 Å². The lowest BCUT2D eigenvalue weighted by molar-refractivity contribution is 1.60. The van der Waals surface area contributed by atoms with E-state index in [9.17, 15) is 0 Å². The summed E-state index contributed by atoms with van der Waals surface area (Å²) < 4.78 is 1.07. The number of benzene rings is 5. The maximum Gasteiger partial charge on any atom is 0.0406 e. The summed E-state index contributed by atoms with van der Waals surface area (Å²) in [6.07, 6.45) is 4.30. The van der Waals surface area contributed by atoms with Gasteiger partial charge >= 0.3 is 0 Å². The lowest BCUT2D eigenvalue weighted by atomic mass is 9.91. The molecule has 0 nitrogen and oxygen atoms in total. The van der Waals surface area contributed by atoms with Crippen molar-refractivity contribution in [1.29, 1.82) is 0 Å². The number of hydrogen-bond acceptors (Lipinski definition) is 0. The summed E-state index contributed by atoms with van der Waals surface area (Å²) in [4.78, 5) is 0. The van der Waals surface area contributed by atoms with E-state index in [0.29, 0.717) is 0 Å². The number of halogens is 2. The second kappa shape index (κ2) is 9.16. The van der Waals surface area contributed by atoms with Crippen LogP contribution in [0.4, 0.5) is 0 Å². The van der Waals surface area contributed by atoms with Gasteiger partial charge in [0.15, 0.2) is 0 Å². The second-order valence-electron chi connectivity index (χ2n) is 7.73. The van der Waals surface area contributed by atoms with E-state index in [1.807, 2.05) is 24.3 Å². The molecule has 32 heavy (non-hydrogen) atoms. The van der Waals surface area contributed by atoms with Gasteiger partial charge in [-0.2, -0.15) is 0 Å². The average Bonchev–Trinajstić information content (AvgIpc) is 2.84. The minimum Gasteiger partial charge on any atom is -0.0843 e. The van der Waals surface area contributed by atoms with Crippen molar-refractivity contribution < 1.29 is 0 Å². The van der Waals surface area contributed by atoms with Crippen molar-refractivity contribution in [2.75, 3.05) is 0 Å². The minimum absolute atomic E-state index is 0.747. The minimum atomic E-state index is 0.747. The van der Waals surface area contributed by atoms with E-state index in [2.05, 4.69) is 113 Å². The first kappa shape index (κ1) is 20.8. The second-order valence-corrected chi connectivity index (χ2v) is 9.09. The summed E-state index contributed by atoms with van der Waals surface area (Å²) in [5, 5.41) is 3.21. The van der Waals surface area contributed by atoms with Crippen molar-refractivity contribution >= 4 is 50.5 Å². The Hall–Kier alpha value is -3.13. The number of fused-ring (bicyclic) bond motifs is 1. The van der Waals surface area contributed by atoms with Gasteiger partial charge in [0, 0.05) is 9.50 Å². The highest BCUT2D eigenvalue weighted by atomic mass is 79.9. The Balaban J connectivity index is 1.75. The summed E-state index contributed by atoms with van der Waals surface area (Å²) in [6.45, 7) is 0. The smallest absolute Gasteiger partial charge is 0.0406 e. The lowest BCUT2D eigenvalue weighted by Gasteiger charge is -2.14. The highest BCUT2D eigenvalue weighted by molar-refractivity contribution is 9.10. The molecule has 0 heterocycles. The molecule has 0 fully saturated rings. The zero-order chi connectivity index (χ0) is 21.9. The Kier molecular flexibility index (Phi) is 5.94. The van der Waals surface area contributed by atoms with E-state index in [-0.39, 0.29) is 0 Å². The quantitative estimate of drug-likeness (QED) is 0.218. The van der Waals surface area contributed by atoms with Crippen LogP contribution in [0.2, 0.25) is 5.02 Å². The molecule has 154 valence electrons. The lowest BCUT2D eigenvalue weighted by Crippen LogP contribution is -1.88. The van der Waals surface area contributed by atoms with Crippen LogP contribution >= 0.6 is 27.5 Å². The van der Waals surface area contributed by atoms with Gasteiger partial charge in [0.1, 0.15) is 0 Å². The zero-order valence-electron chi connectivity index (χ0n) is 17.3. The number of hydrogen-bond donors (Lipinski definition) is 0. The van der Waals surface area contributed by atoms with Gasteiger partial charge in [0.05, 0.1) is 0 Å². The summed E-state index contributed by atoms with van der Waals surface area (Å²) in [5.74, 6) is 0. The molecule has 0 unspecified atom stereocenters. The van der Waals surface area contributed by atoms with Gasteiger partial charge < -0.3 is 0 Å². The molecular formula is C30H20BrCl. The Morgan fingerprint density at radius 1 is 0.531 bits per heavy atom. The topological polar surface area (TPSA) is 0 Å². The molecule has 0 spiro atoms. The van der Waals surface area contributed by atoms with Crippen molar-refractivity contribution in [3.8, 4) is 22.3 Å². The molecule has 5 aromatic rings. The molecule has 0 N–H and O–H groups in total. The molecule has 5 rings (SSSR count). The Labute approximate surface area is 201 Å². The first-order valence-electron chi connectivity index (χ1n) is 10.5. The van der Waals surface area contributed by atoms with Gasteiger partial charge in [-0.3, -0.25) is 0 Å². The Morgan fingerprint density at radius 3 is 1.69 bits per heavy atom. The molecule has 0 aliphatic heterocycles. The molecule has 0 aromatic heterocycles. The molecule has 0 saturated heterocycles. The third-order valence-electron chi connectivity index (χ3n) is 5.56. The molecule has 0 amide bonds. The van der Waals surface area contributed by atoms with E-state index in [1.54, 1.807) is 0 Å². The van der Waals surface area contributed by atoms with Crippen LogP contribution in [0.25, 0.3) is 45.2 Å². The van der Waals surface area contributed by atoms with Crippen LogP contribution in [0, 0.1) is 0 Å². The van der Waals surface area contributed by atoms with E-state index >= 15 is 0 Å². The Bertz CT molecular complexity index is 1400. The first-order chi connectivity index (χ1) is 15.7. The summed E-state index contributed by atoms with van der Waals surface area (Å²) in [7, 11) is 0. The maximum absolute atomic E-state index is 6.04. The normalized spacial score (nSPS) is 11.3. The van der Waals surface area contributed by atoms with Gasteiger partial charge in [0.2, 0.25) is 0 Å². The van der Waals surface area contributed by atoms with Crippen LogP contribution in [0.3, 0.4) is 0 Å². The third-order valence-corrected chi connectivity index (χ3v) is 6.27. The molecule has 0 atom stereocenters. The predicted octanol–water partition coefficient (Wildman–Crippen LogP) is 9.76. The molecule has 2 heteroatoms. The summed E-state index contributed by atoms with van der Waals surface area (Å²) >= 11 is 9.79. The van der Waals surface area contributed by atoms with Crippen LogP contribution in [-0.4, -0.2) is 0 Å². The van der Waals surface area contributed by atoms with E-state index in [1.165, 1.54) is 33.0 Å².